The van der Waals surface area contributed by atoms with Gasteiger partial charge in [-0.25, -0.2) is 9.97 Å². The van der Waals surface area contributed by atoms with Crippen molar-refractivity contribution in [3.63, 3.8) is 0 Å². The largest absolute Gasteiger partial charge is 0.469 e. The summed E-state index contributed by atoms with van der Waals surface area (Å²) in [6.07, 6.45) is 4.97. The van der Waals surface area contributed by atoms with Crippen molar-refractivity contribution >= 4 is 17.6 Å². The van der Waals surface area contributed by atoms with Gasteiger partial charge in [-0.2, -0.15) is 8.78 Å². The fourth-order valence-electron chi connectivity index (χ4n) is 4.00. The first-order valence-electron chi connectivity index (χ1n) is 11.0. The highest BCUT2D eigenvalue weighted by molar-refractivity contribution is 5.72. The molecule has 0 spiro atoms. The number of nitrogens with zero attached hydrogens (tertiary/aromatic N) is 3. The molecule has 1 saturated heterocycles. The molecule has 2 aromatic carbocycles. The molecular weight excluding hydrogens is 442 g/mol. The molecule has 7 nitrogen and oxygen atoms in total. The Morgan fingerprint density at radius 3 is 2.44 bits per heavy atom. The van der Waals surface area contributed by atoms with Gasteiger partial charge >= 0.3 is 12.6 Å². The Hall–Kier alpha value is -3.59. The number of aromatic nitrogens is 2. The molecule has 1 aliphatic rings. The van der Waals surface area contributed by atoms with Crippen molar-refractivity contribution < 1.29 is 23.0 Å². The van der Waals surface area contributed by atoms with Crippen LogP contribution < -0.4 is 10.1 Å². The van der Waals surface area contributed by atoms with Gasteiger partial charge in [0.15, 0.2) is 0 Å². The molecule has 0 atom stereocenters. The summed E-state index contributed by atoms with van der Waals surface area (Å²) >= 11 is 0. The van der Waals surface area contributed by atoms with Crippen LogP contribution in [0.3, 0.4) is 0 Å². The van der Waals surface area contributed by atoms with Gasteiger partial charge in [0.05, 0.1) is 13.0 Å². The van der Waals surface area contributed by atoms with E-state index in [0.29, 0.717) is 5.95 Å². The van der Waals surface area contributed by atoms with E-state index < -0.39 is 6.61 Å². The number of hydrogen-bond donors (Lipinski definition) is 1. The molecule has 1 N–H and O–H groups in total. The van der Waals surface area contributed by atoms with Crippen molar-refractivity contribution in [1.82, 2.24) is 14.9 Å². The zero-order valence-corrected chi connectivity index (χ0v) is 18.8. The summed E-state index contributed by atoms with van der Waals surface area (Å²) < 4.78 is 33.8. The van der Waals surface area contributed by atoms with E-state index in [-0.39, 0.29) is 17.6 Å². The Morgan fingerprint density at radius 1 is 1.09 bits per heavy atom. The monoisotopic (exact) mass is 468 g/mol. The molecular formula is C25H26F2N4O3. The molecule has 1 aromatic heterocycles. The van der Waals surface area contributed by atoms with Crippen LogP contribution in [0, 0.1) is 5.92 Å². The van der Waals surface area contributed by atoms with Gasteiger partial charge in [-0.3, -0.25) is 9.69 Å². The number of likely N-dealkylation sites (tertiary alicyclic amines) is 1. The van der Waals surface area contributed by atoms with E-state index in [9.17, 15) is 13.6 Å². The maximum atomic E-state index is 12.3. The molecule has 1 fully saturated rings. The molecule has 1 aliphatic heterocycles. The molecule has 0 unspecified atom stereocenters. The molecule has 0 amide bonds. The van der Waals surface area contributed by atoms with Crippen LogP contribution in [-0.2, 0) is 16.1 Å². The molecule has 2 heterocycles. The van der Waals surface area contributed by atoms with Gasteiger partial charge in [-0.05, 0) is 61.3 Å². The number of rotatable bonds is 8. The van der Waals surface area contributed by atoms with Gasteiger partial charge in [-0.1, -0.05) is 24.3 Å². The van der Waals surface area contributed by atoms with Crippen molar-refractivity contribution in [3.8, 4) is 16.9 Å². The Labute approximate surface area is 196 Å². The molecule has 3 aromatic rings. The van der Waals surface area contributed by atoms with Crippen molar-refractivity contribution in [2.24, 2.45) is 5.92 Å². The molecule has 34 heavy (non-hydrogen) atoms. The van der Waals surface area contributed by atoms with Crippen molar-refractivity contribution in [3.05, 3.63) is 66.5 Å². The summed E-state index contributed by atoms with van der Waals surface area (Å²) in [5.74, 6) is 0.441. The van der Waals surface area contributed by atoms with Gasteiger partial charge in [0.25, 0.3) is 0 Å². The topological polar surface area (TPSA) is 76.6 Å². The maximum absolute atomic E-state index is 12.3. The van der Waals surface area contributed by atoms with Gasteiger partial charge in [0, 0.05) is 30.2 Å². The second kappa shape index (κ2) is 11.0. The predicted octanol–water partition coefficient (Wildman–Crippen LogP) is 4.87. The zero-order chi connectivity index (χ0) is 23.9. The van der Waals surface area contributed by atoms with Crippen molar-refractivity contribution in [2.45, 2.75) is 26.0 Å². The second-order valence-corrected chi connectivity index (χ2v) is 8.10. The van der Waals surface area contributed by atoms with Crippen LogP contribution in [0.1, 0.15) is 18.4 Å². The number of ether oxygens (including phenoxy) is 2. The number of carbonyl (C=O) groups is 1. The lowest BCUT2D eigenvalue weighted by Gasteiger charge is -2.30. The number of alkyl halides is 2. The van der Waals surface area contributed by atoms with E-state index in [1.54, 1.807) is 24.5 Å². The fourth-order valence-corrected chi connectivity index (χ4v) is 4.00. The summed E-state index contributed by atoms with van der Waals surface area (Å²) in [5.41, 5.74) is 3.59. The van der Waals surface area contributed by atoms with Crippen LogP contribution in [-0.4, -0.2) is 47.6 Å². The Balaban J connectivity index is 1.34. The Kier molecular flexibility index (Phi) is 7.64. The van der Waals surface area contributed by atoms with Crippen LogP contribution in [0.25, 0.3) is 11.1 Å². The smallest absolute Gasteiger partial charge is 0.387 e. The summed E-state index contributed by atoms with van der Waals surface area (Å²) in [5, 5.41) is 3.22. The second-order valence-electron chi connectivity index (χ2n) is 8.10. The van der Waals surface area contributed by atoms with E-state index in [4.69, 9.17) is 4.74 Å². The van der Waals surface area contributed by atoms with E-state index >= 15 is 0 Å². The number of hydrogen-bond acceptors (Lipinski definition) is 7. The van der Waals surface area contributed by atoms with Gasteiger partial charge in [-0.15, -0.1) is 0 Å². The molecule has 0 aliphatic carbocycles. The van der Waals surface area contributed by atoms with Crippen LogP contribution in [0.5, 0.6) is 5.75 Å². The summed E-state index contributed by atoms with van der Waals surface area (Å²) in [7, 11) is 1.44. The molecule has 178 valence electrons. The lowest BCUT2D eigenvalue weighted by Crippen LogP contribution is -2.36. The maximum Gasteiger partial charge on any atom is 0.387 e. The van der Waals surface area contributed by atoms with Gasteiger partial charge in [0.2, 0.25) is 5.95 Å². The minimum atomic E-state index is -2.85. The number of halogens is 2. The summed E-state index contributed by atoms with van der Waals surface area (Å²) in [6.45, 7) is -0.333. The number of esters is 1. The number of methoxy groups -OCH3 is 1. The normalized spacial score (nSPS) is 14.7. The minimum absolute atomic E-state index is 0.00159. The standard InChI is InChI=1S/C25H26F2N4O3/c1-33-23(32)19-9-11-31(12-10-19)16-17-3-2-4-21(13-17)30-25-28-14-20(15-29-25)18-5-7-22(8-6-18)34-24(26)27/h2-8,13-15,19,24H,9-12,16H2,1H3,(H,28,29,30). The van der Waals surface area contributed by atoms with Crippen LogP contribution >= 0.6 is 0 Å². The van der Waals surface area contributed by atoms with Crippen LogP contribution in [0.2, 0.25) is 0 Å². The van der Waals surface area contributed by atoms with E-state index in [1.165, 1.54) is 19.2 Å². The lowest BCUT2D eigenvalue weighted by molar-refractivity contribution is -0.147. The molecule has 0 radical (unpaired) electrons. The van der Waals surface area contributed by atoms with E-state index in [2.05, 4.69) is 37.1 Å². The molecule has 4 rings (SSSR count). The third-order valence-electron chi connectivity index (χ3n) is 5.78. The first-order chi connectivity index (χ1) is 16.5. The average Bonchev–Trinajstić information content (AvgIpc) is 2.85. The van der Waals surface area contributed by atoms with Crippen molar-refractivity contribution in [2.75, 3.05) is 25.5 Å². The Morgan fingerprint density at radius 2 is 1.79 bits per heavy atom. The minimum Gasteiger partial charge on any atom is -0.469 e. The average molecular weight is 469 g/mol. The molecule has 0 bridgehead atoms. The number of anilines is 2. The van der Waals surface area contributed by atoms with Gasteiger partial charge in [0.1, 0.15) is 5.75 Å². The highest BCUT2D eigenvalue weighted by Gasteiger charge is 2.25. The first-order valence-corrected chi connectivity index (χ1v) is 11.0. The Bertz CT molecular complexity index is 1090. The SMILES string of the molecule is COC(=O)C1CCN(Cc2cccc(Nc3ncc(-c4ccc(OC(F)F)cc4)cn3)c2)CC1. The summed E-state index contributed by atoms with van der Waals surface area (Å²) in [6, 6.07) is 14.4. The lowest BCUT2D eigenvalue weighted by atomic mass is 9.96. The van der Waals surface area contributed by atoms with Crippen molar-refractivity contribution in [1.29, 1.82) is 0 Å². The number of carbonyl (C=O) groups excluding carboxylic acids is 1. The van der Waals surface area contributed by atoms with Crippen LogP contribution in [0.15, 0.2) is 60.9 Å². The fraction of sp³-hybridized carbons (Fsp3) is 0.320. The summed E-state index contributed by atoms with van der Waals surface area (Å²) in [4.78, 5) is 22.8. The number of piperidine rings is 1. The number of nitrogens with one attached hydrogen (secondary N) is 1. The molecule has 0 saturated carbocycles. The zero-order valence-electron chi connectivity index (χ0n) is 18.8. The quantitative estimate of drug-likeness (QED) is 0.473. The van der Waals surface area contributed by atoms with Crippen LogP contribution in [0.4, 0.5) is 20.4 Å². The molecule has 9 heteroatoms. The van der Waals surface area contributed by atoms with E-state index in [1.807, 2.05) is 12.1 Å². The number of benzene rings is 2. The highest BCUT2D eigenvalue weighted by Crippen LogP contribution is 2.24. The van der Waals surface area contributed by atoms with E-state index in [0.717, 1.165) is 54.9 Å². The first kappa shape index (κ1) is 23.6. The predicted molar refractivity (Wildman–Crippen MR) is 124 cm³/mol. The third kappa shape index (κ3) is 6.26. The van der Waals surface area contributed by atoms with Gasteiger partial charge < -0.3 is 14.8 Å². The third-order valence-corrected chi connectivity index (χ3v) is 5.78. The highest BCUT2D eigenvalue weighted by atomic mass is 19.3.